The van der Waals surface area contributed by atoms with Crippen molar-refractivity contribution in [2.45, 2.75) is 13.5 Å². The molecule has 1 aliphatic heterocycles. The van der Waals surface area contributed by atoms with Crippen LogP contribution in [0.4, 0.5) is 11.4 Å². The van der Waals surface area contributed by atoms with Gasteiger partial charge in [-0.15, -0.1) is 0 Å². The first kappa shape index (κ1) is 21.3. The number of halogens is 1. The fourth-order valence-electron chi connectivity index (χ4n) is 3.48. The molecule has 0 atom stereocenters. The van der Waals surface area contributed by atoms with Crippen molar-refractivity contribution in [3.8, 4) is 5.75 Å². The van der Waals surface area contributed by atoms with E-state index in [0.717, 1.165) is 37.6 Å². The van der Waals surface area contributed by atoms with E-state index < -0.39 is 0 Å². The number of nitrogens with one attached hydrogen (secondary N) is 1. The van der Waals surface area contributed by atoms with Gasteiger partial charge in [0, 0.05) is 31.2 Å². The largest absolute Gasteiger partial charge is 0.486 e. The Morgan fingerprint density at radius 1 is 1.06 bits per heavy atom. The molecule has 0 radical (unpaired) electrons. The molecule has 6 nitrogen and oxygen atoms in total. The highest BCUT2D eigenvalue weighted by Gasteiger charge is 2.20. The average molecular weight is 440 g/mol. The monoisotopic (exact) mass is 439 g/mol. The summed E-state index contributed by atoms with van der Waals surface area (Å²) in [5.41, 5.74) is 2.80. The second-order valence-electron chi connectivity index (χ2n) is 7.77. The number of carbonyl (C=O) groups excluding carboxylic acids is 1. The summed E-state index contributed by atoms with van der Waals surface area (Å²) in [7, 11) is 2.11. The third-order valence-electron chi connectivity index (χ3n) is 5.34. The van der Waals surface area contributed by atoms with Crippen LogP contribution in [0.15, 0.2) is 59.0 Å². The normalized spacial score (nSPS) is 14.5. The molecule has 1 amide bonds. The van der Waals surface area contributed by atoms with E-state index in [-0.39, 0.29) is 18.3 Å². The van der Waals surface area contributed by atoms with Gasteiger partial charge in [0.1, 0.15) is 18.1 Å². The molecule has 1 aliphatic rings. The summed E-state index contributed by atoms with van der Waals surface area (Å²) in [5.74, 6) is 1.24. The predicted octanol–water partition coefficient (Wildman–Crippen LogP) is 4.82. The lowest BCUT2D eigenvalue weighted by atomic mass is 10.2. The highest BCUT2D eigenvalue weighted by atomic mass is 35.5. The first-order valence-corrected chi connectivity index (χ1v) is 10.7. The Kier molecular flexibility index (Phi) is 6.49. The van der Waals surface area contributed by atoms with Crippen molar-refractivity contribution in [1.29, 1.82) is 0 Å². The summed E-state index contributed by atoms with van der Waals surface area (Å²) in [4.78, 5) is 17.4. The summed E-state index contributed by atoms with van der Waals surface area (Å²) < 4.78 is 11.4. The number of furan rings is 1. The SMILES string of the molecule is Cc1ccc(OCc2ccc(C(=O)Nc3cc(Cl)ccc3N3CCN(C)CC3)o2)cc1. The van der Waals surface area contributed by atoms with Crippen molar-refractivity contribution < 1.29 is 13.9 Å². The second-order valence-corrected chi connectivity index (χ2v) is 8.21. The van der Waals surface area contributed by atoms with Crippen LogP contribution < -0.4 is 15.0 Å². The van der Waals surface area contributed by atoms with Crippen LogP contribution in [0.25, 0.3) is 0 Å². The van der Waals surface area contributed by atoms with Crippen molar-refractivity contribution in [2.24, 2.45) is 0 Å². The number of nitrogens with zero attached hydrogens (tertiary/aromatic N) is 2. The fourth-order valence-corrected chi connectivity index (χ4v) is 3.65. The molecule has 0 spiro atoms. The van der Waals surface area contributed by atoms with Crippen LogP contribution in [0.2, 0.25) is 5.02 Å². The highest BCUT2D eigenvalue weighted by molar-refractivity contribution is 6.31. The van der Waals surface area contributed by atoms with Gasteiger partial charge in [0.05, 0.1) is 11.4 Å². The Bertz CT molecular complexity index is 1040. The summed E-state index contributed by atoms with van der Waals surface area (Å²) in [5, 5.41) is 3.53. The molecule has 0 aliphatic carbocycles. The standard InChI is InChI=1S/C24H26ClN3O3/c1-17-3-6-19(7-4-17)30-16-20-8-10-23(31-20)24(29)26-21-15-18(25)5-9-22(21)28-13-11-27(2)12-14-28/h3-10,15H,11-14,16H2,1-2H3,(H,26,29). The zero-order chi connectivity index (χ0) is 21.8. The minimum atomic E-state index is -0.320. The van der Waals surface area contributed by atoms with E-state index in [1.165, 1.54) is 5.56 Å². The number of likely N-dealkylation sites (N-methyl/N-ethyl adjacent to an activating group) is 1. The van der Waals surface area contributed by atoms with Gasteiger partial charge in [-0.3, -0.25) is 4.79 Å². The van der Waals surface area contributed by atoms with Crippen LogP contribution in [0.5, 0.6) is 5.75 Å². The van der Waals surface area contributed by atoms with Crippen LogP contribution in [0.3, 0.4) is 0 Å². The lowest BCUT2D eigenvalue weighted by Crippen LogP contribution is -2.44. The topological polar surface area (TPSA) is 58.0 Å². The zero-order valence-electron chi connectivity index (χ0n) is 17.7. The van der Waals surface area contributed by atoms with Gasteiger partial charge in [-0.05, 0) is 56.4 Å². The molecule has 7 heteroatoms. The number of carbonyl (C=O) groups is 1. The number of anilines is 2. The van der Waals surface area contributed by atoms with E-state index in [2.05, 4.69) is 22.2 Å². The Morgan fingerprint density at radius 2 is 1.81 bits per heavy atom. The number of ether oxygens (including phenoxy) is 1. The number of benzene rings is 2. The van der Waals surface area contributed by atoms with Crippen LogP contribution in [-0.2, 0) is 6.61 Å². The van der Waals surface area contributed by atoms with Gasteiger partial charge in [-0.1, -0.05) is 29.3 Å². The number of hydrogen-bond donors (Lipinski definition) is 1. The highest BCUT2D eigenvalue weighted by Crippen LogP contribution is 2.30. The van der Waals surface area contributed by atoms with Crippen LogP contribution >= 0.6 is 11.6 Å². The quantitative estimate of drug-likeness (QED) is 0.596. The molecule has 1 saturated heterocycles. The van der Waals surface area contributed by atoms with E-state index in [1.54, 1.807) is 18.2 Å². The molecule has 4 rings (SSSR count). The maximum atomic E-state index is 12.8. The number of aryl methyl sites for hydroxylation is 1. The van der Waals surface area contributed by atoms with Crippen molar-refractivity contribution in [1.82, 2.24) is 4.90 Å². The van der Waals surface area contributed by atoms with Gasteiger partial charge in [0.2, 0.25) is 0 Å². The molecule has 2 heterocycles. The lowest BCUT2D eigenvalue weighted by Gasteiger charge is -2.35. The molecule has 162 valence electrons. The summed E-state index contributed by atoms with van der Waals surface area (Å²) in [6.45, 7) is 6.00. The van der Waals surface area contributed by atoms with Crippen LogP contribution in [0, 0.1) is 6.92 Å². The summed E-state index contributed by atoms with van der Waals surface area (Å²) in [6.07, 6.45) is 0. The third kappa shape index (κ3) is 5.40. The van der Waals surface area contributed by atoms with E-state index >= 15 is 0 Å². The van der Waals surface area contributed by atoms with Crippen molar-refractivity contribution in [3.63, 3.8) is 0 Å². The number of hydrogen-bond acceptors (Lipinski definition) is 5. The molecule has 1 N–H and O–H groups in total. The van der Waals surface area contributed by atoms with Crippen molar-refractivity contribution >= 4 is 28.9 Å². The Morgan fingerprint density at radius 3 is 2.55 bits per heavy atom. The molecule has 0 unspecified atom stereocenters. The molecule has 0 saturated carbocycles. The van der Waals surface area contributed by atoms with E-state index in [0.29, 0.717) is 16.5 Å². The van der Waals surface area contributed by atoms with Gasteiger partial charge >= 0.3 is 0 Å². The number of rotatable bonds is 6. The Labute approximate surface area is 187 Å². The maximum absolute atomic E-state index is 12.8. The second kappa shape index (κ2) is 9.45. The zero-order valence-corrected chi connectivity index (χ0v) is 18.5. The van der Waals surface area contributed by atoms with E-state index in [4.69, 9.17) is 20.8 Å². The number of piperazine rings is 1. The van der Waals surface area contributed by atoms with E-state index in [1.807, 2.05) is 43.3 Å². The van der Waals surface area contributed by atoms with Gasteiger partial charge in [-0.2, -0.15) is 0 Å². The van der Waals surface area contributed by atoms with Crippen molar-refractivity contribution in [3.05, 3.63) is 76.7 Å². The molecular formula is C24H26ClN3O3. The van der Waals surface area contributed by atoms with Gasteiger partial charge < -0.3 is 24.3 Å². The summed E-state index contributed by atoms with van der Waals surface area (Å²) in [6, 6.07) is 16.8. The van der Waals surface area contributed by atoms with Crippen LogP contribution in [-0.4, -0.2) is 44.0 Å². The maximum Gasteiger partial charge on any atom is 0.291 e. The van der Waals surface area contributed by atoms with Gasteiger partial charge in [0.25, 0.3) is 5.91 Å². The number of amides is 1. The molecular weight excluding hydrogens is 414 g/mol. The van der Waals surface area contributed by atoms with Crippen LogP contribution in [0.1, 0.15) is 21.9 Å². The van der Waals surface area contributed by atoms with Gasteiger partial charge in [-0.25, -0.2) is 0 Å². The third-order valence-corrected chi connectivity index (χ3v) is 5.57. The summed E-state index contributed by atoms with van der Waals surface area (Å²) >= 11 is 6.20. The molecule has 1 fully saturated rings. The fraction of sp³-hybridized carbons (Fsp3) is 0.292. The van der Waals surface area contributed by atoms with Crippen molar-refractivity contribution in [2.75, 3.05) is 43.4 Å². The first-order chi connectivity index (χ1) is 15.0. The molecule has 3 aromatic rings. The molecule has 0 bridgehead atoms. The minimum absolute atomic E-state index is 0.229. The Hall–Kier alpha value is -2.96. The van der Waals surface area contributed by atoms with Gasteiger partial charge in [0.15, 0.2) is 5.76 Å². The lowest BCUT2D eigenvalue weighted by molar-refractivity contribution is 0.0992. The van der Waals surface area contributed by atoms with E-state index in [9.17, 15) is 4.79 Å². The predicted molar refractivity (Wildman–Crippen MR) is 123 cm³/mol. The molecule has 31 heavy (non-hydrogen) atoms. The molecule has 2 aromatic carbocycles. The molecule has 1 aromatic heterocycles. The minimum Gasteiger partial charge on any atom is -0.486 e. The first-order valence-electron chi connectivity index (χ1n) is 10.3. The smallest absolute Gasteiger partial charge is 0.291 e. The average Bonchev–Trinajstić information content (AvgIpc) is 3.24. The Balaban J connectivity index is 1.42.